The number of hydrogen-bond donors (Lipinski definition) is 0. The molecule has 1 unspecified atom stereocenters. The lowest BCUT2D eigenvalue weighted by atomic mass is 10.1. The molecule has 0 fully saturated rings. The van der Waals surface area contributed by atoms with Crippen molar-refractivity contribution in [1.82, 2.24) is 0 Å². The van der Waals surface area contributed by atoms with E-state index in [0.29, 0.717) is 4.90 Å². The van der Waals surface area contributed by atoms with Gasteiger partial charge in [-0.15, -0.1) is 11.8 Å². The van der Waals surface area contributed by atoms with Crippen molar-refractivity contribution in [2.24, 2.45) is 0 Å². The maximum atomic E-state index is 12.5. The molecule has 1 nitrogen and oxygen atoms in total. The van der Waals surface area contributed by atoms with Crippen LogP contribution in [0.2, 0.25) is 0 Å². The molecule has 7 heteroatoms. The number of carbonyl (C=O) groups is 1. The van der Waals surface area contributed by atoms with E-state index in [-0.39, 0.29) is 28.0 Å². The third-order valence-corrected chi connectivity index (χ3v) is 3.97. The van der Waals surface area contributed by atoms with E-state index in [1.54, 1.807) is 19.2 Å². The van der Waals surface area contributed by atoms with Crippen molar-refractivity contribution in [2.75, 3.05) is 6.26 Å². The molecule has 0 aliphatic rings. The number of thioether (sulfide) groups is 2. The molecule has 100 valence electrons. The zero-order valence-electron chi connectivity index (χ0n) is 9.55. The van der Waals surface area contributed by atoms with E-state index in [2.05, 4.69) is 15.9 Å². The first-order valence-electron chi connectivity index (χ1n) is 4.86. The normalized spacial score (nSPS) is 13.4. The van der Waals surface area contributed by atoms with Gasteiger partial charge in [-0.3, -0.25) is 4.79 Å². The van der Waals surface area contributed by atoms with Gasteiger partial charge < -0.3 is 0 Å². The van der Waals surface area contributed by atoms with Crippen LogP contribution < -0.4 is 0 Å². The second-order valence-corrected chi connectivity index (χ2v) is 6.75. The molecule has 18 heavy (non-hydrogen) atoms. The molecule has 0 spiro atoms. The zero-order valence-corrected chi connectivity index (χ0v) is 12.8. The molecular weight excluding hydrogens is 349 g/mol. The van der Waals surface area contributed by atoms with E-state index in [0.717, 1.165) is 0 Å². The van der Waals surface area contributed by atoms with Crippen LogP contribution >= 0.6 is 39.5 Å². The van der Waals surface area contributed by atoms with Crippen LogP contribution in [-0.4, -0.2) is 22.4 Å². The monoisotopic (exact) mass is 358 g/mol. The van der Waals surface area contributed by atoms with Gasteiger partial charge in [-0.05, 0) is 43.1 Å². The molecule has 0 radical (unpaired) electrons. The fourth-order valence-corrected chi connectivity index (χ4v) is 2.73. The van der Waals surface area contributed by atoms with Crippen LogP contribution in [0.25, 0.3) is 0 Å². The summed E-state index contributed by atoms with van der Waals surface area (Å²) in [6.07, 6.45) is 1.77. The van der Waals surface area contributed by atoms with Gasteiger partial charge >= 0.3 is 5.51 Å². The van der Waals surface area contributed by atoms with Gasteiger partial charge in [-0.2, -0.15) is 13.2 Å². The first-order chi connectivity index (χ1) is 8.24. The second-order valence-electron chi connectivity index (χ2n) is 3.39. The van der Waals surface area contributed by atoms with Crippen molar-refractivity contribution in [3.8, 4) is 0 Å². The Bertz CT molecular complexity index is 446. The Morgan fingerprint density at radius 1 is 1.39 bits per heavy atom. The standard InChI is InChI=1S/C11H10BrF3OS2/c1-6(12)10(16)8-4-3-7(17-2)5-9(8)18-11(13,14)15/h3-6H,1-2H3. The lowest BCUT2D eigenvalue weighted by molar-refractivity contribution is -0.0328. The molecular formula is C11H10BrF3OS2. The minimum absolute atomic E-state index is 0.0503. The largest absolute Gasteiger partial charge is 0.446 e. The lowest BCUT2D eigenvalue weighted by Crippen LogP contribution is -2.12. The number of Topliss-reactive ketones (excluding diaryl/α,β-unsaturated/α-hetero) is 1. The highest BCUT2D eigenvalue weighted by atomic mass is 79.9. The van der Waals surface area contributed by atoms with Crippen LogP contribution in [0.15, 0.2) is 28.0 Å². The van der Waals surface area contributed by atoms with Crippen LogP contribution in [-0.2, 0) is 0 Å². The minimum atomic E-state index is -4.40. The van der Waals surface area contributed by atoms with Gasteiger partial charge in [0.2, 0.25) is 0 Å². The summed E-state index contributed by atoms with van der Waals surface area (Å²) in [5.41, 5.74) is -4.30. The van der Waals surface area contributed by atoms with Crippen LogP contribution in [0.5, 0.6) is 0 Å². The summed E-state index contributed by atoms with van der Waals surface area (Å²) in [6.45, 7) is 1.59. The summed E-state index contributed by atoms with van der Waals surface area (Å²) in [5.74, 6) is -0.352. The maximum absolute atomic E-state index is 12.5. The molecule has 0 aliphatic heterocycles. The van der Waals surface area contributed by atoms with Crippen molar-refractivity contribution in [2.45, 2.75) is 27.1 Å². The van der Waals surface area contributed by atoms with Gasteiger partial charge in [-0.1, -0.05) is 15.9 Å². The summed E-state index contributed by atoms with van der Waals surface area (Å²) >= 11 is 4.16. The fourth-order valence-electron chi connectivity index (χ4n) is 1.26. The molecule has 0 N–H and O–H groups in total. The molecule has 1 aromatic carbocycles. The van der Waals surface area contributed by atoms with Crippen molar-refractivity contribution in [1.29, 1.82) is 0 Å². The van der Waals surface area contributed by atoms with E-state index in [1.165, 1.54) is 23.9 Å². The third-order valence-electron chi connectivity index (χ3n) is 2.04. The Kier molecular flexibility index (Phi) is 5.61. The smallest absolute Gasteiger partial charge is 0.293 e. The predicted octanol–water partition coefficient (Wildman–Crippen LogP) is 4.99. The maximum Gasteiger partial charge on any atom is 0.446 e. The number of carbonyl (C=O) groups excluding carboxylic acids is 1. The summed E-state index contributed by atoms with van der Waals surface area (Å²) in [5, 5.41) is 0. The second kappa shape index (κ2) is 6.34. The zero-order chi connectivity index (χ0) is 13.9. The molecule has 1 rings (SSSR count). The molecule has 0 aliphatic carbocycles. The third kappa shape index (κ3) is 4.51. The summed E-state index contributed by atoms with van der Waals surface area (Å²) in [6, 6.07) is 4.49. The topological polar surface area (TPSA) is 17.1 Å². The number of alkyl halides is 4. The van der Waals surface area contributed by atoms with Gasteiger partial charge in [0, 0.05) is 15.4 Å². The van der Waals surface area contributed by atoms with Crippen LogP contribution in [0.4, 0.5) is 13.2 Å². The van der Waals surface area contributed by atoms with Crippen molar-refractivity contribution in [3.05, 3.63) is 23.8 Å². The van der Waals surface area contributed by atoms with E-state index in [4.69, 9.17) is 0 Å². The average molecular weight is 359 g/mol. The predicted molar refractivity (Wildman–Crippen MR) is 72.9 cm³/mol. The molecule has 0 bridgehead atoms. The number of ketones is 1. The van der Waals surface area contributed by atoms with Crippen LogP contribution in [0.1, 0.15) is 17.3 Å². The van der Waals surface area contributed by atoms with Crippen LogP contribution in [0, 0.1) is 0 Å². The number of halogens is 4. The number of hydrogen-bond acceptors (Lipinski definition) is 3. The Labute approximate surface area is 120 Å². The molecule has 0 aromatic heterocycles. The summed E-state index contributed by atoms with van der Waals surface area (Å²) < 4.78 is 37.4. The first kappa shape index (κ1) is 15.9. The molecule has 1 aromatic rings. The summed E-state index contributed by atoms with van der Waals surface area (Å²) in [7, 11) is 0. The van der Waals surface area contributed by atoms with Crippen molar-refractivity contribution < 1.29 is 18.0 Å². The lowest BCUT2D eigenvalue weighted by Gasteiger charge is -2.12. The molecule has 0 saturated carbocycles. The minimum Gasteiger partial charge on any atom is -0.293 e. The Morgan fingerprint density at radius 2 is 2.00 bits per heavy atom. The van der Waals surface area contributed by atoms with Gasteiger partial charge in [-0.25, -0.2) is 0 Å². The van der Waals surface area contributed by atoms with Gasteiger partial charge in [0.25, 0.3) is 0 Å². The summed E-state index contributed by atoms with van der Waals surface area (Å²) in [4.78, 5) is 12.0. The van der Waals surface area contributed by atoms with Gasteiger partial charge in [0.15, 0.2) is 5.78 Å². The molecule has 0 heterocycles. The Morgan fingerprint density at radius 3 is 2.44 bits per heavy atom. The van der Waals surface area contributed by atoms with E-state index in [1.807, 2.05) is 0 Å². The first-order valence-corrected chi connectivity index (χ1v) is 7.82. The van der Waals surface area contributed by atoms with E-state index < -0.39 is 10.3 Å². The average Bonchev–Trinajstić information content (AvgIpc) is 2.25. The van der Waals surface area contributed by atoms with Crippen molar-refractivity contribution >= 4 is 45.2 Å². The molecule has 0 amide bonds. The highest BCUT2D eigenvalue weighted by Crippen LogP contribution is 2.40. The Balaban J connectivity index is 3.20. The van der Waals surface area contributed by atoms with Gasteiger partial charge in [0.1, 0.15) is 0 Å². The highest BCUT2D eigenvalue weighted by Gasteiger charge is 2.32. The Hall–Kier alpha value is -0.140. The molecule has 0 saturated heterocycles. The molecule has 1 atom stereocenters. The van der Waals surface area contributed by atoms with E-state index in [9.17, 15) is 18.0 Å². The van der Waals surface area contributed by atoms with E-state index >= 15 is 0 Å². The van der Waals surface area contributed by atoms with Crippen molar-refractivity contribution in [3.63, 3.8) is 0 Å². The van der Waals surface area contributed by atoms with Gasteiger partial charge in [0.05, 0.1) is 4.83 Å². The number of rotatable bonds is 4. The number of benzene rings is 1. The van der Waals surface area contributed by atoms with Crippen LogP contribution in [0.3, 0.4) is 0 Å². The SMILES string of the molecule is CSc1ccc(C(=O)C(C)Br)c(SC(F)(F)F)c1. The quantitative estimate of drug-likeness (QED) is 0.429. The fraction of sp³-hybridized carbons (Fsp3) is 0.364. The highest BCUT2D eigenvalue weighted by molar-refractivity contribution is 9.10.